The van der Waals surface area contributed by atoms with Gasteiger partial charge in [0.1, 0.15) is 23.3 Å². The first-order valence-electron chi connectivity index (χ1n) is 13.8. The molecule has 1 atom stereocenters. The first-order valence-corrected chi connectivity index (χ1v) is 13.8. The van der Waals surface area contributed by atoms with Crippen molar-refractivity contribution in [2.24, 2.45) is 0 Å². The maximum absolute atomic E-state index is 13.5. The van der Waals surface area contributed by atoms with Gasteiger partial charge in [0.25, 0.3) is 0 Å². The van der Waals surface area contributed by atoms with Crippen LogP contribution in [0.5, 0.6) is 0 Å². The Morgan fingerprint density at radius 2 is 2.10 bits per heavy atom. The first kappa shape index (κ1) is 30.6. The normalized spacial score (nSPS) is 18.9. The van der Waals surface area contributed by atoms with Crippen molar-refractivity contribution < 1.29 is 19.1 Å². The zero-order valence-electron chi connectivity index (χ0n) is 24.4. The van der Waals surface area contributed by atoms with E-state index in [0.717, 1.165) is 24.9 Å². The molecule has 0 saturated carbocycles. The van der Waals surface area contributed by atoms with Crippen molar-refractivity contribution in [3.63, 3.8) is 0 Å². The van der Waals surface area contributed by atoms with Crippen LogP contribution >= 0.6 is 0 Å². The van der Waals surface area contributed by atoms with Gasteiger partial charge in [-0.25, -0.2) is 9.78 Å². The van der Waals surface area contributed by atoms with E-state index in [2.05, 4.69) is 16.4 Å². The van der Waals surface area contributed by atoms with E-state index in [1.807, 2.05) is 51.8 Å². The standard InChI is InChI=1S/C30H40N6O4/c1-7-8-9-24(16-31)27(40-20(2)3)14-21(4)32-30(39)36-22(5)10-11-23-15-25(26(19-37)33-29(23)36)17-35-13-12-34(6)18-28(35)38/h8-9,14-15,19-20,22H,7,10-13,17-18H2,1-6H3,(H,32,39)/b9-8+,21-14+,27-24-/t22-/m0/s1. The molecule has 1 saturated heterocycles. The van der Waals surface area contributed by atoms with E-state index in [1.54, 1.807) is 28.9 Å². The highest BCUT2D eigenvalue weighted by Gasteiger charge is 2.32. The molecule has 0 aromatic carbocycles. The number of ether oxygens (including phenoxy) is 1. The predicted molar refractivity (Wildman–Crippen MR) is 153 cm³/mol. The lowest BCUT2D eigenvalue weighted by molar-refractivity contribution is -0.136. The Balaban J connectivity index is 1.89. The number of carbonyl (C=O) groups excluding carboxylic acids is 3. The number of nitriles is 1. The Morgan fingerprint density at radius 1 is 1.35 bits per heavy atom. The minimum absolute atomic E-state index is 0.0137. The fourth-order valence-electron chi connectivity index (χ4n) is 4.73. The molecule has 3 heterocycles. The maximum atomic E-state index is 13.5. The molecule has 0 bridgehead atoms. The summed E-state index contributed by atoms with van der Waals surface area (Å²) >= 11 is 0. The summed E-state index contributed by atoms with van der Waals surface area (Å²) in [7, 11) is 1.91. The second-order valence-electron chi connectivity index (χ2n) is 10.6. The largest absolute Gasteiger partial charge is 0.490 e. The maximum Gasteiger partial charge on any atom is 0.327 e. The summed E-state index contributed by atoms with van der Waals surface area (Å²) in [5, 5.41) is 12.6. The number of amides is 3. The van der Waals surface area contributed by atoms with Gasteiger partial charge in [-0.2, -0.15) is 5.26 Å². The number of rotatable bonds is 9. The van der Waals surface area contributed by atoms with Crippen molar-refractivity contribution in [3.05, 3.63) is 58.1 Å². The third kappa shape index (κ3) is 7.57. The zero-order chi connectivity index (χ0) is 29.4. The molecule has 2 aliphatic heterocycles. The topological polar surface area (TPSA) is 119 Å². The number of nitrogens with zero attached hydrogens (tertiary/aromatic N) is 5. The predicted octanol–water partition coefficient (Wildman–Crippen LogP) is 4.09. The van der Waals surface area contributed by atoms with E-state index in [4.69, 9.17) is 4.74 Å². The lowest BCUT2D eigenvalue weighted by atomic mass is 9.97. The highest BCUT2D eigenvalue weighted by molar-refractivity contribution is 5.94. The molecule has 0 unspecified atom stereocenters. The number of allylic oxidation sites excluding steroid dienone is 5. The zero-order valence-corrected chi connectivity index (χ0v) is 24.4. The van der Waals surface area contributed by atoms with E-state index in [1.165, 1.54) is 0 Å². The second kappa shape index (κ2) is 13.9. The van der Waals surface area contributed by atoms with Gasteiger partial charge < -0.3 is 15.0 Å². The van der Waals surface area contributed by atoms with Gasteiger partial charge in [0.2, 0.25) is 5.91 Å². The number of aldehydes is 1. The van der Waals surface area contributed by atoms with E-state index < -0.39 is 0 Å². The molecule has 3 amide bonds. The Kier molecular flexibility index (Phi) is 10.6. The number of nitrogens with one attached hydrogen (secondary N) is 1. The molecule has 2 aliphatic rings. The van der Waals surface area contributed by atoms with Crippen LogP contribution in [0, 0.1) is 11.3 Å². The lowest BCUT2D eigenvalue weighted by Gasteiger charge is -2.35. The van der Waals surface area contributed by atoms with Gasteiger partial charge in [0.15, 0.2) is 6.29 Å². The molecule has 1 N–H and O–H groups in total. The average molecular weight is 549 g/mol. The van der Waals surface area contributed by atoms with Crippen LogP contribution in [-0.2, 0) is 22.5 Å². The summed E-state index contributed by atoms with van der Waals surface area (Å²) in [6.07, 6.45) is 7.95. The van der Waals surface area contributed by atoms with Crippen molar-refractivity contribution in [3.8, 4) is 6.07 Å². The third-order valence-electron chi connectivity index (χ3n) is 6.81. The first-order chi connectivity index (χ1) is 19.1. The number of anilines is 1. The van der Waals surface area contributed by atoms with Crippen molar-refractivity contribution in [1.82, 2.24) is 20.1 Å². The lowest BCUT2D eigenvalue weighted by Crippen LogP contribution is -2.49. The molecule has 1 fully saturated rings. The molecule has 214 valence electrons. The number of fused-ring (bicyclic) bond motifs is 1. The van der Waals surface area contributed by atoms with Crippen LogP contribution in [0.4, 0.5) is 10.6 Å². The molecule has 1 aromatic rings. The number of piperazine rings is 1. The van der Waals surface area contributed by atoms with E-state index in [-0.39, 0.29) is 29.8 Å². The van der Waals surface area contributed by atoms with Crippen LogP contribution in [0.25, 0.3) is 0 Å². The van der Waals surface area contributed by atoms with Gasteiger partial charge in [-0.1, -0.05) is 13.0 Å². The molecule has 0 aliphatic carbocycles. The van der Waals surface area contributed by atoms with E-state index >= 15 is 0 Å². The fraction of sp³-hybridized carbons (Fsp3) is 0.500. The monoisotopic (exact) mass is 548 g/mol. The summed E-state index contributed by atoms with van der Waals surface area (Å²) in [5.41, 5.74) is 2.63. The van der Waals surface area contributed by atoms with Crippen LogP contribution < -0.4 is 10.2 Å². The Bertz CT molecular complexity index is 1260. The Hall–Kier alpha value is -3.97. The number of pyridine rings is 1. The Morgan fingerprint density at radius 3 is 2.73 bits per heavy atom. The molecular formula is C30H40N6O4. The number of urea groups is 1. The van der Waals surface area contributed by atoms with E-state index in [9.17, 15) is 19.6 Å². The molecule has 10 heteroatoms. The molecule has 0 radical (unpaired) electrons. The van der Waals surface area contributed by atoms with Gasteiger partial charge in [-0.15, -0.1) is 0 Å². The van der Waals surface area contributed by atoms with Crippen LogP contribution in [0.1, 0.15) is 69.1 Å². The minimum atomic E-state index is -0.389. The van der Waals surface area contributed by atoms with Crippen LogP contribution in [0.15, 0.2) is 41.3 Å². The van der Waals surface area contributed by atoms with Crippen molar-refractivity contribution >= 4 is 24.0 Å². The van der Waals surface area contributed by atoms with Crippen molar-refractivity contribution in [2.45, 2.75) is 72.6 Å². The van der Waals surface area contributed by atoms with Gasteiger partial charge in [0.05, 0.1) is 18.2 Å². The molecule has 3 rings (SSSR count). The van der Waals surface area contributed by atoms with Gasteiger partial charge >= 0.3 is 6.03 Å². The summed E-state index contributed by atoms with van der Waals surface area (Å²) in [4.78, 5) is 48.0. The summed E-state index contributed by atoms with van der Waals surface area (Å²) in [5.74, 6) is 0.828. The number of hydrogen-bond acceptors (Lipinski definition) is 7. The van der Waals surface area contributed by atoms with Crippen LogP contribution in [0.2, 0.25) is 0 Å². The number of hydrogen-bond donors (Lipinski definition) is 1. The molecule has 1 aromatic heterocycles. The number of aryl methyl sites for hydroxylation is 1. The quantitative estimate of drug-likeness (QED) is 0.214. The SMILES string of the molecule is CC/C=C/C(C#N)=C(\C=C(/C)NC(=O)N1c2nc(C=O)c(CN3CCN(C)CC3=O)cc2CC[C@@H]1C)OC(C)C. The molecule has 0 spiro atoms. The molecule has 40 heavy (non-hydrogen) atoms. The van der Waals surface area contributed by atoms with Gasteiger partial charge in [0, 0.05) is 43.0 Å². The van der Waals surface area contributed by atoms with Crippen molar-refractivity contribution in [1.29, 1.82) is 5.26 Å². The highest BCUT2D eigenvalue weighted by Crippen LogP contribution is 2.31. The highest BCUT2D eigenvalue weighted by atomic mass is 16.5. The van der Waals surface area contributed by atoms with Crippen molar-refractivity contribution in [2.75, 3.05) is 31.6 Å². The molecular weight excluding hydrogens is 508 g/mol. The number of carbonyl (C=O) groups is 3. The minimum Gasteiger partial charge on any atom is -0.490 e. The fourth-order valence-corrected chi connectivity index (χ4v) is 4.73. The smallest absolute Gasteiger partial charge is 0.327 e. The second-order valence-corrected chi connectivity index (χ2v) is 10.6. The summed E-state index contributed by atoms with van der Waals surface area (Å²) in [6, 6.07) is 3.53. The Labute approximate surface area is 237 Å². The number of likely N-dealkylation sites (N-methyl/N-ethyl adjacent to an activating group) is 1. The number of aromatic nitrogens is 1. The molecule has 10 nitrogen and oxygen atoms in total. The average Bonchev–Trinajstić information content (AvgIpc) is 2.89. The summed E-state index contributed by atoms with van der Waals surface area (Å²) < 4.78 is 5.88. The van der Waals surface area contributed by atoms with Gasteiger partial charge in [-0.05, 0) is 71.7 Å². The van der Waals surface area contributed by atoms with E-state index in [0.29, 0.717) is 60.8 Å². The van der Waals surface area contributed by atoms with Crippen LogP contribution in [0.3, 0.4) is 0 Å². The summed E-state index contributed by atoms with van der Waals surface area (Å²) in [6.45, 7) is 11.4. The van der Waals surface area contributed by atoms with Gasteiger partial charge in [-0.3, -0.25) is 19.4 Å². The van der Waals surface area contributed by atoms with Crippen LogP contribution in [-0.4, -0.2) is 71.8 Å². The third-order valence-corrected chi connectivity index (χ3v) is 6.81.